The number of nitrogens with zero attached hydrogens (tertiary/aromatic N) is 1. The van der Waals surface area contributed by atoms with E-state index in [1.807, 2.05) is 6.92 Å². The Hall–Kier alpha value is -1.01. The van der Waals surface area contributed by atoms with Crippen LogP contribution in [0.4, 0.5) is 0 Å². The summed E-state index contributed by atoms with van der Waals surface area (Å²) in [4.78, 5) is 12.7. The van der Waals surface area contributed by atoms with Crippen LogP contribution in [0.25, 0.3) is 0 Å². The lowest BCUT2D eigenvalue weighted by molar-refractivity contribution is -0.141. The maximum atomic E-state index is 10.6. The van der Waals surface area contributed by atoms with Crippen molar-refractivity contribution in [3.63, 3.8) is 0 Å². The molecule has 14 heavy (non-hydrogen) atoms. The van der Waals surface area contributed by atoms with Crippen LogP contribution in [0, 0.1) is 18.3 Å². The molecule has 1 unspecified atom stereocenters. The van der Waals surface area contributed by atoms with Gasteiger partial charge in [-0.25, -0.2) is 0 Å². The van der Waals surface area contributed by atoms with Gasteiger partial charge in [0.1, 0.15) is 0 Å². The molecule has 0 spiro atoms. The first-order chi connectivity index (χ1) is 6.61. The summed E-state index contributed by atoms with van der Waals surface area (Å²) in [5.74, 6) is 1.54. The molecule has 1 atom stereocenters. The number of carbonyl (C=O) groups is 1. The number of carboxylic acids is 1. The summed E-state index contributed by atoms with van der Waals surface area (Å²) in [6.45, 7) is 6.13. The molecule has 3 nitrogen and oxygen atoms in total. The van der Waals surface area contributed by atoms with E-state index in [1.165, 1.54) is 0 Å². The average Bonchev–Trinajstić information content (AvgIpc) is 2.16. The van der Waals surface area contributed by atoms with Gasteiger partial charge >= 0.3 is 5.97 Å². The predicted molar refractivity (Wildman–Crippen MR) is 57.0 cm³/mol. The molecular weight excluding hydrogens is 178 g/mol. The van der Waals surface area contributed by atoms with Crippen molar-refractivity contribution >= 4 is 5.97 Å². The predicted octanol–water partition coefficient (Wildman–Crippen LogP) is 1.44. The van der Waals surface area contributed by atoms with Crippen LogP contribution in [-0.4, -0.2) is 35.6 Å². The van der Waals surface area contributed by atoms with Crippen LogP contribution >= 0.6 is 0 Å². The number of aliphatic carboxylic acids is 1. The second-order valence-corrected chi connectivity index (χ2v) is 3.44. The molecule has 0 rings (SSSR count). The molecule has 0 saturated carbocycles. The molecule has 0 saturated heterocycles. The maximum absolute atomic E-state index is 10.6. The van der Waals surface area contributed by atoms with E-state index in [2.05, 4.69) is 10.8 Å². The molecule has 0 heterocycles. The third kappa shape index (κ3) is 5.60. The quantitative estimate of drug-likeness (QED) is 0.496. The van der Waals surface area contributed by atoms with Gasteiger partial charge in [-0.2, -0.15) is 0 Å². The van der Waals surface area contributed by atoms with E-state index < -0.39 is 5.97 Å². The fraction of sp³-hybridized carbons (Fsp3) is 0.727. The number of carboxylic acid groups (broad SMARTS) is 1. The summed E-state index contributed by atoms with van der Waals surface area (Å²) >= 11 is 0. The molecule has 1 N–H and O–H groups in total. The van der Waals surface area contributed by atoms with Gasteiger partial charge in [-0.1, -0.05) is 13.8 Å². The first kappa shape index (κ1) is 13.0. The fourth-order valence-corrected chi connectivity index (χ4v) is 1.25. The summed E-state index contributed by atoms with van der Waals surface area (Å²) in [5.41, 5.74) is 0. The third-order valence-corrected chi connectivity index (χ3v) is 2.20. The molecule has 0 bridgehead atoms. The van der Waals surface area contributed by atoms with E-state index in [0.29, 0.717) is 6.54 Å². The number of hydrogen-bond acceptors (Lipinski definition) is 2. The first-order valence-electron chi connectivity index (χ1n) is 5.00. The van der Waals surface area contributed by atoms with Crippen molar-refractivity contribution in [2.45, 2.75) is 26.7 Å². The molecule has 80 valence electrons. The molecule has 0 aromatic carbocycles. The van der Waals surface area contributed by atoms with E-state index in [9.17, 15) is 4.79 Å². The Kier molecular flexibility index (Phi) is 6.87. The van der Waals surface area contributed by atoms with Gasteiger partial charge in [0.15, 0.2) is 0 Å². The number of hydrogen-bond donors (Lipinski definition) is 1. The second-order valence-electron chi connectivity index (χ2n) is 3.44. The van der Waals surface area contributed by atoms with Crippen molar-refractivity contribution < 1.29 is 9.90 Å². The van der Waals surface area contributed by atoms with E-state index in [4.69, 9.17) is 11.5 Å². The van der Waals surface area contributed by atoms with Crippen LogP contribution < -0.4 is 0 Å². The van der Waals surface area contributed by atoms with Crippen LogP contribution in [0.15, 0.2) is 0 Å². The number of rotatable bonds is 7. The van der Waals surface area contributed by atoms with Gasteiger partial charge in [0, 0.05) is 13.0 Å². The smallest absolute Gasteiger partial charge is 0.307 e. The lowest BCUT2D eigenvalue weighted by Crippen LogP contribution is -2.32. The van der Waals surface area contributed by atoms with Gasteiger partial charge in [0.05, 0.1) is 5.92 Å². The summed E-state index contributed by atoms with van der Waals surface area (Å²) in [6, 6.07) is 0. The molecule has 0 amide bonds. The van der Waals surface area contributed by atoms with Crippen molar-refractivity contribution in [2.24, 2.45) is 5.92 Å². The molecule has 0 aromatic rings. The van der Waals surface area contributed by atoms with Gasteiger partial charge in [0.2, 0.25) is 0 Å². The van der Waals surface area contributed by atoms with Crippen molar-refractivity contribution in [3.8, 4) is 12.3 Å². The molecule has 0 radical (unpaired) electrons. The Bertz CT molecular complexity index is 208. The lowest BCUT2D eigenvalue weighted by Gasteiger charge is -2.21. The highest BCUT2D eigenvalue weighted by atomic mass is 16.4. The fourth-order valence-electron chi connectivity index (χ4n) is 1.25. The van der Waals surface area contributed by atoms with Crippen LogP contribution in [0.3, 0.4) is 0 Å². The normalized spacial score (nSPS) is 12.4. The zero-order valence-corrected chi connectivity index (χ0v) is 8.99. The molecular formula is C11H19NO2. The SMILES string of the molecule is C#CCCCN(CC)CC(C)C(=O)O. The van der Waals surface area contributed by atoms with Gasteiger partial charge in [0.25, 0.3) is 0 Å². The summed E-state index contributed by atoms with van der Waals surface area (Å²) in [5, 5.41) is 8.74. The Morgan fingerprint density at radius 3 is 2.71 bits per heavy atom. The Morgan fingerprint density at radius 1 is 1.64 bits per heavy atom. The number of unbranched alkanes of at least 4 members (excludes halogenated alkanes) is 1. The van der Waals surface area contributed by atoms with E-state index in [1.54, 1.807) is 6.92 Å². The Morgan fingerprint density at radius 2 is 2.29 bits per heavy atom. The highest BCUT2D eigenvalue weighted by Crippen LogP contribution is 2.02. The number of terminal acetylenes is 1. The van der Waals surface area contributed by atoms with Gasteiger partial charge in [-0.05, 0) is 19.5 Å². The lowest BCUT2D eigenvalue weighted by atomic mass is 10.1. The highest BCUT2D eigenvalue weighted by Gasteiger charge is 2.14. The van der Waals surface area contributed by atoms with Crippen LogP contribution in [0.2, 0.25) is 0 Å². The minimum atomic E-state index is -0.736. The van der Waals surface area contributed by atoms with Gasteiger partial charge < -0.3 is 10.0 Å². The summed E-state index contributed by atoms with van der Waals surface area (Å²) in [6.07, 6.45) is 6.85. The third-order valence-electron chi connectivity index (χ3n) is 2.20. The van der Waals surface area contributed by atoms with Crippen molar-refractivity contribution in [1.82, 2.24) is 4.90 Å². The molecule has 0 aliphatic rings. The Balaban J connectivity index is 3.79. The van der Waals surface area contributed by atoms with E-state index >= 15 is 0 Å². The van der Waals surface area contributed by atoms with Crippen molar-refractivity contribution in [2.75, 3.05) is 19.6 Å². The Labute approximate surface area is 86.1 Å². The van der Waals surface area contributed by atoms with E-state index in [0.717, 1.165) is 25.9 Å². The van der Waals surface area contributed by atoms with Crippen LogP contribution in [-0.2, 0) is 4.79 Å². The largest absolute Gasteiger partial charge is 0.481 e. The zero-order valence-electron chi connectivity index (χ0n) is 8.99. The highest BCUT2D eigenvalue weighted by molar-refractivity contribution is 5.69. The van der Waals surface area contributed by atoms with Crippen LogP contribution in [0.5, 0.6) is 0 Å². The average molecular weight is 197 g/mol. The zero-order chi connectivity index (χ0) is 11.0. The summed E-state index contributed by atoms with van der Waals surface area (Å²) in [7, 11) is 0. The summed E-state index contributed by atoms with van der Waals surface area (Å²) < 4.78 is 0. The molecule has 0 aliphatic heterocycles. The van der Waals surface area contributed by atoms with Gasteiger partial charge in [-0.3, -0.25) is 4.79 Å². The topological polar surface area (TPSA) is 40.5 Å². The minimum absolute atomic E-state index is 0.305. The van der Waals surface area contributed by atoms with Gasteiger partial charge in [-0.15, -0.1) is 12.3 Å². The first-order valence-corrected chi connectivity index (χ1v) is 5.00. The maximum Gasteiger partial charge on any atom is 0.307 e. The minimum Gasteiger partial charge on any atom is -0.481 e. The molecule has 0 aliphatic carbocycles. The molecule has 0 fully saturated rings. The monoisotopic (exact) mass is 197 g/mol. The second kappa shape index (κ2) is 7.40. The molecule has 3 heteroatoms. The van der Waals surface area contributed by atoms with Crippen LogP contribution in [0.1, 0.15) is 26.7 Å². The molecule has 0 aromatic heterocycles. The van der Waals surface area contributed by atoms with Crippen molar-refractivity contribution in [1.29, 1.82) is 0 Å². The van der Waals surface area contributed by atoms with Crippen molar-refractivity contribution in [3.05, 3.63) is 0 Å². The van der Waals surface area contributed by atoms with E-state index in [-0.39, 0.29) is 5.92 Å². The standard InChI is InChI=1S/C11H19NO2/c1-4-6-7-8-12(5-2)9-10(3)11(13)14/h1,10H,5-9H2,2-3H3,(H,13,14).